The van der Waals surface area contributed by atoms with Gasteiger partial charge in [0.1, 0.15) is 5.76 Å². The van der Waals surface area contributed by atoms with Gasteiger partial charge >= 0.3 is 0 Å². The molecule has 3 amide bonds. The highest BCUT2D eigenvalue weighted by Crippen LogP contribution is 2.30. The molecule has 2 aromatic heterocycles. The maximum Gasteiger partial charge on any atom is 0.256 e. The first-order valence-corrected chi connectivity index (χ1v) is 11.7. The molecule has 0 aromatic carbocycles. The number of hydrogen-bond acceptors (Lipinski definition) is 5. The van der Waals surface area contributed by atoms with E-state index in [2.05, 4.69) is 11.4 Å². The van der Waals surface area contributed by atoms with Crippen LogP contribution in [0.2, 0.25) is 0 Å². The molecule has 0 aliphatic carbocycles. The summed E-state index contributed by atoms with van der Waals surface area (Å²) in [5, 5.41) is 2.63. The average molecular weight is 463 g/mol. The lowest BCUT2D eigenvalue weighted by Gasteiger charge is -2.33. The molecular formula is C26H30N4O4. The molecule has 1 saturated heterocycles. The summed E-state index contributed by atoms with van der Waals surface area (Å²) in [6, 6.07) is 7.26. The SMILES string of the molecule is Cc1ccc(C(=O)N2CC=CCC2)c(C2CCN(C(=O)CNC(=O)/C=C\c3ccco3)CC2)n1. The zero-order valence-corrected chi connectivity index (χ0v) is 19.4. The molecule has 0 saturated carbocycles. The highest BCUT2D eigenvalue weighted by Gasteiger charge is 2.29. The van der Waals surface area contributed by atoms with Crippen LogP contribution in [0.25, 0.3) is 6.08 Å². The number of nitrogens with zero attached hydrogens (tertiary/aromatic N) is 3. The summed E-state index contributed by atoms with van der Waals surface area (Å²) in [7, 11) is 0. The minimum Gasteiger partial charge on any atom is -0.465 e. The smallest absolute Gasteiger partial charge is 0.256 e. The van der Waals surface area contributed by atoms with Crippen molar-refractivity contribution in [3.05, 3.63) is 71.5 Å². The molecule has 178 valence electrons. The Hall–Kier alpha value is -3.68. The Balaban J connectivity index is 1.32. The van der Waals surface area contributed by atoms with E-state index in [4.69, 9.17) is 9.40 Å². The molecule has 2 aliphatic rings. The van der Waals surface area contributed by atoms with Crippen LogP contribution in [0, 0.1) is 6.92 Å². The number of aromatic nitrogens is 1. The molecule has 4 heterocycles. The van der Waals surface area contributed by atoms with Crippen molar-refractivity contribution in [3.63, 3.8) is 0 Å². The Morgan fingerprint density at radius 2 is 1.94 bits per heavy atom. The molecule has 4 rings (SSSR count). The lowest BCUT2D eigenvalue weighted by molar-refractivity contribution is -0.133. The summed E-state index contributed by atoms with van der Waals surface area (Å²) in [6.07, 6.45) is 10.9. The summed E-state index contributed by atoms with van der Waals surface area (Å²) in [6.45, 7) is 4.36. The summed E-state index contributed by atoms with van der Waals surface area (Å²) in [5.74, 6) is 0.249. The first-order chi connectivity index (χ1) is 16.5. The summed E-state index contributed by atoms with van der Waals surface area (Å²) in [5.41, 5.74) is 2.39. The Morgan fingerprint density at radius 3 is 2.65 bits per heavy atom. The van der Waals surface area contributed by atoms with E-state index in [0.29, 0.717) is 31.0 Å². The van der Waals surface area contributed by atoms with E-state index < -0.39 is 0 Å². The highest BCUT2D eigenvalue weighted by molar-refractivity contribution is 5.96. The molecular weight excluding hydrogens is 432 g/mol. The van der Waals surface area contributed by atoms with Crippen molar-refractivity contribution in [2.75, 3.05) is 32.7 Å². The fraction of sp³-hybridized carbons (Fsp3) is 0.385. The van der Waals surface area contributed by atoms with Gasteiger partial charge in [-0.05, 0) is 56.5 Å². The van der Waals surface area contributed by atoms with Crippen molar-refractivity contribution < 1.29 is 18.8 Å². The lowest BCUT2D eigenvalue weighted by atomic mass is 9.89. The predicted octanol–water partition coefficient (Wildman–Crippen LogP) is 2.92. The molecule has 0 atom stereocenters. The number of piperidine rings is 1. The van der Waals surface area contributed by atoms with Gasteiger partial charge < -0.3 is 19.5 Å². The number of aryl methyl sites for hydroxylation is 1. The van der Waals surface area contributed by atoms with E-state index in [1.165, 1.54) is 12.3 Å². The number of carbonyl (C=O) groups is 3. The first-order valence-electron chi connectivity index (χ1n) is 11.7. The first kappa shape index (κ1) is 23.5. The number of pyridine rings is 1. The van der Waals surface area contributed by atoms with E-state index in [1.807, 2.05) is 30.0 Å². The normalized spacial score (nSPS) is 16.7. The molecule has 0 spiro atoms. The Morgan fingerprint density at radius 1 is 1.12 bits per heavy atom. The Bertz CT molecular complexity index is 1080. The molecule has 0 unspecified atom stereocenters. The van der Waals surface area contributed by atoms with Crippen LogP contribution in [-0.4, -0.2) is 65.2 Å². The molecule has 34 heavy (non-hydrogen) atoms. The quantitative estimate of drug-likeness (QED) is 0.526. The van der Waals surface area contributed by atoms with Gasteiger partial charge in [0.15, 0.2) is 0 Å². The van der Waals surface area contributed by atoms with Gasteiger partial charge in [0, 0.05) is 43.9 Å². The van der Waals surface area contributed by atoms with Gasteiger partial charge in [-0.2, -0.15) is 0 Å². The van der Waals surface area contributed by atoms with Crippen molar-refractivity contribution in [1.29, 1.82) is 0 Å². The number of likely N-dealkylation sites (tertiary alicyclic amines) is 1. The molecule has 0 radical (unpaired) electrons. The van der Waals surface area contributed by atoms with Gasteiger partial charge in [-0.15, -0.1) is 0 Å². The number of nitrogens with one attached hydrogen (secondary N) is 1. The van der Waals surface area contributed by atoms with Gasteiger partial charge in [0.25, 0.3) is 5.91 Å². The van der Waals surface area contributed by atoms with Gasteiger partial charge in [0.05, 0.1) is 24.1 Å². The van der Waals surface area contributed by atoms with Crippen LogP contribution in [0.4, 0.5) is 0 Å². The minimum atomic E-state index is -0.348. The van der Waals surface area contributed by atoms with Crippen LogP contribution >= 0.6 is 0 Å². The lowest BCUT2D eigenvalue weighted by Crippen LogP contribution is -2.43. The van der Waals surface area contributed by atoms with E-state index in [0.717, 1.165) is 37.2 Å². The molecule has 8 heteroatoms. The van der Waals surface area contributed by atoms with Crippen molar-refractivity contribution in [3.8, 4) is 0 Å². The Labute approximate surface area is 199 Å². The van der Waals surface area contributed by atoms with Gasteiger partial charge in [-0.1, -0.05) is 12.2 Å². The van der Waals surface area contributed by atoms with Gasteiger partial charge in [-0.25, -0.2) is 0 Å². The van der Waals surface area contributed by atoms with Gasteiger partial charge in [-0.3, -0.25) is 19.4 Å². The minimum absolute atomic E-state index is 0.0238. The Kier molecular flexibility index (Phi) is 7.57. The van der Waals surface area contributed by atoms with Crippen molar-refractivity contribution in [2.45, 2.75) is 32.1 Å². The van der Waals surface area contributed by atoms with E-state index in [1.54, 1.807) is 23.1 Å². The largest absolute Gasteiger partial charge is 0.465 e. The average Bonchev–Trinajstić information content (AvgIpc) is 3.40. The molecule has 1 fully saturated rings. The third kappa shape index (κ3) is 5.81. The number of amides is 3. The van der Waals surface area contributed by atoms with E-state index in [9.17, 15) is 14.4 Å². The van der Waals surface area contributed by atoms with E-state index in [-0.39, 0.29) is 30.2 Å². The van der Waals surface area contributed by atoms with Crippen LogP contribution in [0.1, 0.15) is 52.7 Å². The summed E-state index contributed by atoms with van der Waals surface area (Å²) in [4.78, 5) is 46.1. The van der Waals surface area contributed by atoms with Crippen molar-refractivity contribution in [1.82, 2.24) is 20.1 Å². The zero-order chi connectivity index (χ0) is 23.9. The molecule has 1 N–H and O–H groups in total. The standard InChI is InChI=1S/C26H30N4O4/c1-19-7-9-22(26(33)30-13-3-2-4-14-30)25(28-19)20-11-15-29(16-12-20)24(32)18-27-23(31)10-8-21-6-5-17-34-21/h2-3,5-10,17,20H,4,11-16,18H2,1H3,(H,27,31)/b10-8-. The second-order valence-corrected chi connectivity index (χ2v) is 8.62. The third-order valence-corrected chi connectivity index (χ3v) is 6.23. The zero-order valence-electron chi connectivity index (χ0n) is 19.4. The van der Waals surface area contributed by atoms with Crippen LogP contribution in [0.3, 0.4) is 0 Å². The molecule has 0 bridgehead atoms. The van der Waals surface area contributed by atoms with Crippen LogP contribution < -0.4 is 5.32 Å². The molecule has 2 aliphatic heterocycles. The van der Waals surface area contributed by atoms with Crippen LogP contribution in [0.5, 0.6) is 0 Å². The fourth-order valence-electron chi connectivity index (χ4n) is 4.34. The maximum atomic E-state index is 13.2. The van der Waals surface area contributed by atoms with Crippen LogP contribution in [-0.2, 0) is 9.59 Å². The third-order valence-electron chi connectivity index (χ3n) is 6.23. The number of rotatable bonds is 6. The van der Waals surface area contributed by atoms with Crippen LogP contribution in [0.15, 0.2) is 53.2 Å². The number of hydrogen-bond donors (Lipinski definition) is 1. The van der Waals surface area contributed by atoms with Crippen molar-refractivity contribution in [2.24, 2.45) is 0 Å². The highest BCUT2D eigenvalue weighted by atomic mass is 16.3. The van der Waals surface area contributed by atoms with E-state index >= 15 is 0 Å². The summed E-state index contributed by atoms with van der Waals surface area (Å²) >= 11 is 0. The second kappa shape index (κ2) is 11.0. The number of furan rings is 1. The fourth-order valence-corrected chi connectivity index (χ4v) is 4.34. The molecule has 2 aromatic rings. The second-order valence-electron chi connectivity index (χ2n) is 8.62. The monoisotopic (exact) mass is 462 g/mol. The van der Waals surface area contributed by atoms with Gasteiger partial charge in [0.2, 0.25) is 11.8 Å². The van der Waals surface area contributed by atoms with Crippen molar-refractivity contribution >= 4 is 23.8 Å². The topological polar surface area (TPSA) is 95.8 Å². The predicted molar refractivity (Wildman–Crippen MR) is 128 cm³/mol. The number of carbonyl (C=O) groups excluding carboxylic acids is 3. The molecule has 8 nitrogen and oxygen atoms in total. The summed E-state index contributed by atoms with van der Waals surface area (Å²) < 4.78 is 5.14. The maximum absolute atomic E-state index is 13.2.